The Hall–Kier alpha value is -3.50. The van der Waals surface area contributed by atoms with Gasteiger partial charge in [0.1, 0.15) is 11.4 Å². The molecule has 1 unspecified atom stereocenters. The number of ether oxygens (including phenoxy) is 2. The first kappa shape index (κ1) is 23.3. The summed E-state index contributed by atoms with van der Waals surface area (Å²) in [5, 5.41) is 9.89. The number of aromatic nitrogens is 4. The van der Waals surface area contributed by atoms with Crippen molar-refractivity contribution in [2.75, 3.05) is 43.1 Å². The number of urea groups is 1. The van der Waals surface area contributed by atoms with E-state index in [1.807, 2.05) is 48.1 Å². The largest absolute Gasteiger partial charge is 0.378 e. The van der Waals surface area contributed by atoms with Gasteiger partial charge in [-0.3, -0.25) is 4.68 Å². The van der Waals surface area contributed by atoms with Gasteiger partial charge in [-0.2, -0.15) is 5.10 Å². The molecule has 2 amide bonds. The minimum absolute atomic E-state index is 0.228. The Kier molecular flexibility index (Phi) is 6.65. The van der Waals surface area contributed by atoms with Crippen LogP contribution in [0.3, 0.4) is 0 Å². The van der Waals surface area contributed by atoms with E-state index in [1.54, 1.807) is 6.20 Å². The van der Waals surface area contributed by atoms with Gasteiger partial charge in [0.15, 0.2) is 5.82 Å². The highest BCUT2D eigenvalue weighted by Crippen LogP contribution is 2.42. The van der Waals surface area contributed by atoms with E-state index in [0.717, 1.165) is 48.7 Å². The summed E-state index contributed by atoms with van der Waals surface area (Å²) in [5.74, 6) is 1.56. The van der Waals surface area contributed by atoms with Crippen LogP contribution >= 0.6 is 0 Å². The van der Waals surface area contributed by atoms with Crippen LogP contribution in [-0.4, -0.2) is 58.6 Å². The highest BCUT2D eigenvalue weighted by Gasteiger charge is 2.40. The Morgan fingerprint density at radius 2 is 1.97 bits per heavy atom. The fourth-order valence-corrected chi connectivity index (χ4v) is 4.50. The van der Waals surface area contributed by atoms with Gasteiger partial charge in [-0.25, -0.2) is 14.8 Å². The Balaban J connectivity index is 1.48. The molecule has 10 nitrogen and oxygen atoms in total. The number of hydrogen-bond donors (Lipinski definition) is 2. The molecule has 4 heterocycles. The molecule has 0 saturated carbocycles. The number of fused-ring (bicyclic) bond motifs is 1. The molecule has 3 aromatic rings. The molecular formula is C25H31N7O3. The Morgan fingerprint density at radius 1 is 1.17 bits per heavy atom. The zero-order chi connectivity index (χ0) is 24.3. The average Bonchev–Trinajstić information content (AvgIpc) is 3.52. The topological polar surface area (TPSA) is 106 Å². The second-order valence-electron chi connectivity index (χ2n) is 8.90. The summed E-state index contributed by atoms with van der Waals surface area (Å²) < 4.78 is 13.8. The van der Waals surface area contributed by atoms with Crippen molar-refractivity contribution in [3.05, 3.63) is 54.0 Å². The first-order valence-corrected chi connectivity index (χ1v) is 12.1. The summed E-state index contributed by atoms with van der Waals surface area (Å²) in [6.45, 7) is 8.66. The third-order valence-corrected chi connectivity index (χ3v) is 6.45. The maximum Gasteiger partial charge on any atom is 0.319 e. The molecule has 0 radical (unpaired) electrons. The standard InChI is InChI=1S/C25H31N7O3/c1-3-26-24(33)28-19-7-5-18(6-8-19)22-29-21-20(23(30-22)31-13-15-34-16-14-31)17-35-25(21,2)9-12-32-11-4-10-27-32/h4-8,10-11H,3,9,12-17H2,1-2H3,(H2,26,28,33). The fraction of sp³-hybridized carbons (Fsp3) is 0.440. The second kappa shape index (κ2) is 10.0. The van der Waals surface area contributed by atoms with E-state index in [9.17, 15) is 4.79 Å². The highest BCUT2D eigenvalue weighted by molar-refractivity contribution is 5.89. The molecule has 0 spiro atoms. The quantitative estimate of drug-likeness (QED) is 0.538. The predicted molar refractivity (Wildman–Crippen MR) is 132 cm³/mol. The molecule has 1 saturated heterocycles. The van der Waals surface area contributed by atoms with Gasteiger partial charge >= 0.3 is 6.03 Å². The number of rotatable bonds is 7. The summed E-state index contributed by atoms with van der Waals surface area (Å²) in [5.41, 5.74) is 3.03. The minimum atomic E-state index is -0.542. The molecule has 0 bridgehead atoms. The van der Waals surface area contributed by atoms with E-state index < -0.39 is 5.60 Å². The van der Waals surface area contributed by atoms with E-state index in [4.69, 9.17) is 19.4 Å². The van der Waals surface area contributed by atoms with Gasteiger partial charge in [0, 0.05) is 61.8 Å². The summed E-state index contributed by atoms with van der Waals surface area (Å²) in [6, 6.07) is 9.29. The van der Waals surface area contributed by atoms with Crippen LogP contribution in [0.15, 0.2) is 42.7 Å². The molecular weight excluding hydrogens is 446 g/mol. The number of amides is 2. The summed E-state index contributed by atoms with van der Waals surface area (Å²) in [6.07, 6.45) is 4.49. The van der Waals surface area contributed by atoms with Crippen molar-refractivity contribution in [1.82, 2.24) is 25.1 Å². The van der Waals surface area contributed by atoms with Gasteiger partial charge in [-0.1, -0.05) is 0 Å². The highest BCUT2D eigenvalue weighted by atomic mass is 16.5. The Bertz CT molecular complexity index is 1160. The number of nitrogens with one attached hydrogen (secondary N) is 2. The fourth-order valence-electron chi connectivity index (χ4n) is 4.50. The third kappa shape index (κ3) is 4.98. The van der Waals surface area contributed by atoms with Crippen molar-refractivity contribution in [3.8, 4) is 11.4 Å². The lowest BCUT2D eigenvalue weighted by Crippen LogP contribution is -2.37. The lowest BCUT2D eigenvalue weighted by atomic mass is 9.96. The number of anilines is 2. The number of carbonyl (C=O) groups is 1. The Morgan fingerprint density at radius 3 is 2.69 bits per heavy atom. The average molecular weight is 478 g/mol. The molecule has 0 aliphatic carbocycles. The zero-order valence-corrected chi connectivity index (χ0v) is 20.2. The van der Waals surface area contributed by atoms with E-state index in [2.05, 4.69) is 27.6 Å². The monoisotopic (exact) mass is 477 g/mol. The molecule has 2 aromatic heterocycles. The van der Waals surface area contributed by atoms with Crippen LogP contribution in [-0.2, 0) is 28.2 Å². The maximum absolute atomic E-state index is 11.9. The molecule has 1 fully saturated rings. The van der Waals surface area contributed by atoms with Crippen molar-refractivity contribution >= 4 is 17.5 Å². The zero-order valence-electron chi connectivity index (χ0n) is 20.2. The van der Waals surface area contributed by atoms with E-state index >= 15 is 0 Å². The number of aryl methyl sites for hydroxylation is 1. The van der Waals surface area contributed by atoms with Crippen LogP contribution in [0, 0.1) is 0 Å². The van der Waals surface area contributed by atoms with Gasteiger partial charge in [-0.05, 0) is 44.2 Å². The molecule has 184 valence electrons. The maximum atomic E-state index is 11.9. The van der Waals surface area contributed by atoms with E-state index in [0.29, 0.717) is 37.9 Å². The molecule has 1 aromatic carbocycles. The van der Waals surface area contributed by atoms with Crippen molar-refractivity contribution < 1.29 is 14.3 Å². The second-order valence-corrected chi connectivity index (χ2v) is 8.90. The third-order valence-electron chi connectivity index (χ3n) is 6.45. The summed E-state index contributed by atoms with van der Waals surface area (Å²) in [7, 11) is 0. The van der Waals surface area contributed by atoms with Crippen molar-refractivity contribution in [1.29, 1.82) is 0 Å². The van der Waals surface area contributed by atoms with Crippen LogP contribution < -0.4 is 15.5 Å². The van der Waals surface area contributed by atoms with Gasteiger partial charge in [0.05, 0.1) is 25.5 Å². The van der Waals surface area contributed by atoms with Crippen LogP contribution in [0.4, 0.5) is 16.3 Å². The van der Waals surface area contributed by atoms with Gasteiger partial charge < -0.3 is 25.0 Å². The van der Waals surface area contributed by atoms with Gasteiger partial charge in [-0.15, -0.1) is 0 Å². The lowest BCUT2D eigenvalue weighted by molar-refractivity contribution is -0.0350. The molecule has 2 aliphatic heterocycles. The van der Waals surface area contributed by atoms with Crippen molar-refractivity contribution in [3.63, 3.8) is 0 Å². The number of morpholine rings is 1. The van der Waals surface area contributed by atoms with Crippen LogP contribution in [0.1, 0.15) is 31.5 Å². The SMILES string of the molecule is CCNC(=O)Nc1ccc(-c2nc(N3CCOCC3)c3c(n2)C(C)(CCn2cccn2)OC3)cc1. The molecule has 10 heteroatoms. The van der Waals surface area contributed by atoms with Crippen LogP contribution in [0.2, 0.25) is 0 Å². The number of benzene rings is 1. The normalized spacial score (nSPS) is 19.4. The molecule has 2 aliphatic rings. The summed E-state index contributed by atoms with van der Waals surface area (Å²) >= 11 is 0. The number of carbonyl (C=O) groups excluding carboxylic acids is 1. The molecule has 35 heavy (non-hydrogen) atoms. The molecule has 5 rings (SSSR count). The van der Waals surface area contributed by atoms with Crippen LogP contribution in [0.5, 0.6) is 0 Å². The minimum Gasteiger partial charge on any atom is -0.378 e. The van der Waals surface area contributed by atoms with E-state index in [1.165, 1.54) is 0 Å². The number of nitrogens with zero attached hydrogens (tertiary/aromatic N) is 5. The van der Waals surface area contributed by atoms with Gasteiger partial charge in [0.25, 0.3) is 0 Å². The smallest absolute Gasteiger partial charge is 0.319 e. The number of hydrogen-bond acceptors (Lipinski definition) is 7. The van der Waals surface area contributed by atoms with Crippen LogP contribution in [0.25, 0.3) is 11.4 Å². The first-order chi connectivity index (χ1) is 17.1. The van der Waals surface area contributed by atoms with E-state index in [-0.39, 0.29) is 6.03 Å². The van der Waals surface area contributed by atoms with Gasteiger partial charge in [0.2, 0.25) is 0 Å². The predicted octanol–water partition coefficient (Wildman–Crippen LogP) is 3.15. The van der Waals surface area contributed by atoms with Crippen molar-refractivity contribution in [2.45, 2.75) is 39.0 Å². The first-order valence-electron chi connectivity index (χ1n) is 12.1. The molecule has 1 atom stereocenters. The van der Waals surface area contributed by atoms with Crippen molar-refractivity contribution in [2.24, 2.45) is 0 Å². The molecule has 2 N–H and O–H groups in total. The lowest BCUT2D eigenvalue weighted by Gasteiger charge is -2.30. The summed E-state index contributed by atoms with van der Waals surface area (Å²) in [4.78, 5) is 24.1. The Labute approximate surface area is 204 Å².